The Morgan fingerprint density at radius 1 is 0.914 bits per heavy atom. The first-order valence-corrected chi connectivity index (χ1v) is 11.7. The Morgan fingerprint density at radius 2 is 1.57 bits per heavy atom. The lowest BCUT2D eigenvalue weighted by atomic mass is 9.52. The van der Waals surface area contributed by atoms with Gasteiger partial charge >= 0.3 is 5.97 Å². The van der Waals surface area contributed by atoms with Gasteiger partial charge in [0.25, 0.3) is 0 Å². The summed E-state index contributed by atoms with van der Waals surface area (Å²) in [4.78, 5) is 13.2. The third-order valence-electron chi connectivity index (χ3n) is 8.23. The van der Waals surface area contributed by atoms with Gasteiger partial charge in [-0.25, -0.2) is 0 Å². The van der Waals surface area contributed by atoms with Crippen LogP contribution in [0, 0.1) is 11.8 Å². The Morgan fingerprint density at radius 3 is 2.14 bits per heavy atom. The van der Waals surface area contributed by atoms with Crippen molar-refractivity contribution in [3.05, 3.63) is 41.0 Å². The second kappa shape index (κ2) is 7.66. The summed E-state index contributed by atoms with van der Waals surface area (Å²) in [6.07, 6.45) is 1.66. The van der Waals surface area contributed by atoms with Crippen LogP contribution in [0.5, 0.6) is 28.7 Å². The summed E-state index contributed by atoms with van der Waals surface area (Å²) in [7, 11) is 4.59. The van der Waals surface area contributed by atoms with Gasteiger partial charge in [-0.3, -0.25) is 4.79 Å². The van der Waals surface area contributed by atoms with Crippen molar-refractivity contribution >= 4 is 5.97 Å². The van der Waals surface area contributed by atoms with Crippen LogP contribution in [-0.2, 0) is 15.1 Å². The number of ether oxygens (including phenoxy) is 6. The summed E-state index contributed by atoms with van der Waals surface area (Å²) >= 11 is 0. The van der Waals surface area contributed by atoms with Crippen LogP contribution in [0.1, 0.15) is 41.9 Å². The molecule has 9 nitrogen and oxygen atoms in total. The highest BCUT2D eigenvalue weighted by atomic mass is 16.7. The zero-order chi connectivity index (χ0) is 24.5. The Bertz CT molecular complexity index is 1180. The summed E-state index contributed by atoms with van der Waals surface area (Å²) < 4.78 is 33.5. The molecule has 2 aliphatic carbocycles. The van der Waals surface area contributed by atoms with Gasteiger partial charge in [0, 0.05) is 11.8 Å². The largest absolute Gasteiger partial charge is 0.493 e. The summed E-state index contributed by atoms with van der Waals surface area (Å²) in [5.74, 6) is 0.0295. The van der Waals surface area contributed by atoms with Crippen LogP contribution in [-0.4, -0.2) is 56.5 Å². The molecular weight excluding hydrogens is 456 g/mol. The van der Waals surface area contributed by atoms with Gasteiger partial charge in [-0.15, -0.1) is 0 Å². The van der Waals surface area contributed by atoms with Crippen LogP contribution in [0.3, 0.4) is 0 Å². The normalized spacial score (nSPS) is 29.5. The molecule has 4 aliphatic rings. The number of benzene rings is 2. The van der Waals surface area contributed by atoms with Crippen LogP contribution in [0.25, 0.3) is 0 Å². The van der Waals surface area contributed by atoms with Gasteiger partial charge in [0.2, 0.25) is 12.5 Å². The van der Waals surface area contributed by atoms with Crippen molar-refractivity contribution in [2.45, 2.75) is 36.4 Å². The monoisotopic (exact) mass is 484 g/mol. The van der Waals surface area contributed by atoms with E-state index >= 15 is 0 Å². The fourth-order valence-electron chi connectivity index (χ4n) is 6.38. The molecule has 2 fully saturated rings. The zero-order valence-corrected chi connectivity index (χ0v) is 19.8. The topological polar surface area (TPSA) is 113 Å². The van der Waals surface area contributed by atoms with Gasteiger partial charge in [-0.2, -0.15) is 0 Å². The Labute approximate surface area is 202 Å². The van der Waals surface area contributed by atoms with Crippen molar-refractivity contribution in [2.24, 2.45) is 11.8 Å². The molecular formula is C26H28O9. The number of hydrogen-bond donors (Lipinski definition) is 2. The summed E-state index contributed by atoms with van der Waals surface area (Å²) in [6.45, 7) is 0.0712. The predicted octanol–water partition coefficient (Wildman–Crippen LogP) is 2.48. The average Bonchev–Trinajstić information content (AvgIpc) is 3.47. The molecule has 0 amide bonds. The number of cyclic esters (lactones) is 1. The molecule has 1 saturated carbocycles. The maximum atomic E-state index is 13.2. The second-order valence-corrected chi connectivity index (χ2v) is 9.64. The van der Waals surface area contributed by atoms with E-state index in [9.17, 15) is 15.0 Å². The van der Waals surface area contributed by atoms with Crippen molar-refractivity contribution in [3.8, 4) is 28.7 Å². The molecule has 0 unspecified atom stereocenters. The summed E-state index contributed by atoms with van der Waals surface area (Å²) in [5, 5.41) is 23.9. The van der Waals surface area contributed by atoms with Crippen LogP contribution in [0.15, 0.2) is 24.3 Å². The predicted molar refractivity (Wildman–Crippen MR) is 121 cm³/mol. The number of aliphatic hydroxyl groups is 2. The Balaban J connectivity index is 1.63. The minimum absolute atomic E-state index is 0.0110. The minimum atomic E-state index is -1.68. The van der Waals surface area contributed by atoms with E-state index in [-0.39, 0.29) is 13.4 Å². The van der Waals surface area contributed by atoms with E-state index in [1.54, 1.807) is 12.1 Å². The molecule has 186 valence electrons. The highest BCUT2D eigenvalue weighted by Gasteiger charge is 2.67. The number of hydrogen-bond acceptors (Lipinski definition) is 9. The lowest BCUT2D eigenvalue weighted by Gasteiger charge is -2.56. The van der Waals surface area contributed by atoms with Crippen molar-refractivity contribution in [2.75, 3.05) is 34.7 Å². The first-order valence-electron chi connectivity index (χ1n) is 11.7. The van der Waals surface area contributed by atoms with E-state index in [0.29, 0.717) is 52.7 Å². The SMILES string of the molecule is COc1cc([C@@H]2c3cc4c(cc3[C@](O)(C3(O)CCC3)[C@H]3COC(=O)[C@H]23)OCO4)cc(OC)c1OC. The molecule has 1 saturated heterocycles. The molecule has 2 aliphatic heterocycles. The number of fused-ring (bicyclic) bond motifs is 3. The lowest BCUT2D eigenvalue weighted by molar-refractivity contribution is -0.233. The van der Waals surface area contributed by atoms with Gasteiger partial charge in [0.1, 0.15) is 5.60 Å². The van der Waals surface area contributed by atoms with Gasteiger partial charge in [0.05, 0.1) is 39.5 Å². The van der Waals surface area contributed by atoms with Crippen molar-refractivity contribution in [1.29, 1.82) is 0 Å². The standard InChI is InChI=1S/C26H28O9/c1-30-19-7-13(8-20(31-2)23(19)32-3)21-14-9-17-18(35-12-34-17)10-15(14)26(29,25(28)5-4-6-25)16-11-33-24(27)22(16)21/h7-10,16,21-22,28-29H,4-6,11-12H2,1-3H3/t16-,21+,22-,26+/m0/s1. The van der Waals surface area contributed by atoms with Crippen molar-refractivity contribution in [1.82, 2.24) is 0 Å². The van der Waals surface area contributed by atoms with E-state index in [4.69, 9.17) is 28.4 Å². The smallest absolute Gasteiger partial charge is 0.310 e. The molecule has 0 bridgehead atoms. The summed E-state index contributed by atoms with van der Waals surface area (Å²) in [5.41, 5.74) is -1.12. The quantitative estimate of drug-likeness (QED) is 0.618. The third-order valence-corrected chi connectivity index (χ3v) is 8.23. The highest BCUT2D eigenvalue weighted by molar-refractivity contribution is 5.79. The van der Waals surface area contributed by atoms with E-state index in [1.165, 1.54) is 21.3 Å². The maximum Gasteiger partial charge on any atom is 0.310 e. The van der Waals surface area contributed by atoms with Crippen LogP contribution in [0.2, 0.25) is 0 Å². The fraction of sp³-hybridized carbons (Fsp3) is 0.500. The van der Waals surface area contributed by atoms with E-state index in [1.807, 2.05) is 12.1 Å². The Hall–Kier alpha value is -3.17. The van der Waals surface area contributed by atoms with Gasteiger partial charge in [-0.1, -0.05) is 0 Å². The average molecular weight is 485 g/mol. The van der Waals surface area contributed by atoms with Crippen LogP contribution < -0.4 is 23.7 Å². The fourth-order valence-corrected chi connectivity index (χ4v) is 6.38. The number of carbonyl (C=O) groups excluding carboxylic acids is 1. The van der Waals surface area contributed by atoms with Crippen LogP contribution in [0.4, 0.5) is 0 Å². The van der Waals surface area contributed by atoms with Crippen molar-refractivity contribution in [3.63, 3.8) is 0 Å². The molecule has 2 aromatic rings. The molecule has 2 aromatic carbocycles. The van der Waals surface area contributed by atoms with Gasteiger partial charge in [-0.05, 0) is 60.2 Å². The molecule has 4 atom stereocenters. The van der Waals surface area contributed by atoms with Gasteiger partial charge < -0.3 is 38.6 Å². The highest BCUT2D eigenvalue weighted by Crippen LogP contribution is 2.63. The van der Waals surface area contributed by atoms with E-state index in [2.05, 4.69) is 0 Å². The lowest BCUT2D eigenvalue weighted by Crippen LogP contribution is -2.63. The third kappa shape index (κ3) is 2.85. The molecule has 2 N–H and O–H groups in total. The van der Waals surface area contributed by atoms with E-state index in [0.717, 1.165) is 12.0 Å². The molecule has 2 heterocycles. The number of esters is 1. The number of rotatable bonds is 5. The summed E-state index contributed by atoms with van der Waals surface area (Å²) in [6, 6.07) is 7.18. The molecule has 0 spiro atoms. The molecule has 0 radical (unpaired) electrons. The Kier molecular flexibility index (Phi) is 4.88. The minimum Gasteiger partial charge on any atom is -0.493 e. The molecule has 0 aromatic heterocycles. The zero-order valence-electron chi connectivity index (χ0n) is 19.8. The molecule has 35 heavy (non-hydrogen) atoms. The van der Waals surface area contributed by atoms with E-state index < -0.39 is 34.9 Å². The number of methoxy groups -OCH3 is 3. The van der Waals surface area contributed by atoms with Gasteiger partial charge in [0.15, 0.2) is 23.0 Å². The first kappa shape index (κ1) is 22.3. The van der Waals surface area contributed by atoms with Crippen LogP contribution >= 0.6 is 0 Å². The van der Waals surface area contributed by atoms with Crippen molar-refractivity contribution < 1.29 is 43.4 Å². The number of carbonyl (C=O) groups is 1. The maximum absolute atomic E-state index is 13.2. The molecule has 9 heteroatoms. The first-order chi connectivity index (χ1) is 16.9. The molecule has 6 rings (SSSR count). The second-order valence-electron chi connectivity index (χ2n) is 9.64.